The summed E-state index contributed by atoms with van der Waals surface area (Å²) in [6.45, 7) is 2.78. The van der Waals surface area contributed by atoms with Crippen molar-refractivity contribution in [3.63, 3.8) is 0 Å². The van der Waals surface area contributed by atoms with Crippen molar-refractivity contribution < 1.29 is 9.59 Å². The second kappa shape index (κ2) is 7.05. The van der Waals surface area contributed by atoms with Crippen LogP contribution in [0.3, 0.4) is 0 Å². The van der Waals surface area contributed by atoms with Crippen molar-refractivity contribution in [1.29, 1.82) is 0 Å². The molecule has 0 heterocycles. The van der Waals surface area contributed by atoms with E-state index in [9.17, 15) is 9.59 Å². The van der Waals surface area contributed by atoms with Crippen LogP contribution < -0.4 is 10.6 Å². The average molecular weight is 354 g/mol. The van der Waals surface area contributed by atoms with E-state index in [0.717, 1.165) is 49.9 Å². The fraction of sp³-hybridized carbons (Fsp3) is 0.636. The first-order valence-corrected chi connectivity index (χ1v) is 10.3. The second-order valence-corrected chi connectivity index (χ2v) is 8.81. The van der Waals surface area contributed by atoms with Crippen LogP contribution >= 0.6 is 0 Å². The Hall–Kier alpha value is -1.84. The molecule has 26 heavy (non-hydrogen) atoms. The molecule has 4 fully saturated rings. The highest BCUT2D eigenvalue weighted by Gasteiger charge is 2.54. The first-order chi connectivity index (χ1) is 12.6. The number of hydrogen-bond acceptors (Lipinski definition) is 2. The number of benzene rings is 1. The average Bonchev–Trinajstić information content (AvgIpc) is 2.61. The third-order valence-electron chi connectivity index (χ3n) is 6.76. The van der Waals surface area contributed by atoms with Gasteiger partial charge in [-0.25, -0.2) is 0 Å². The molecule has 5 rings (SSSR count). The number of anilines is 1. The standard InChI is InChI=1S/C22H30N2O2/c1-2-3-8-23-20(25)18-6-4-5-7-19(18)24-21(26)22-12-15-9-16(13-22)11-17(10-15)14-22/h4-7,15-17H,2-3,8-14H2,1H3,(H,23,25)(H,24,26). The Morgan fingerprint density at radius 2 is 1.65 bits per heavy atom. The van der Waals surface area contributed by atoms with E-state index >= 15 is 0 Å². The number of hydrogen-bond donors (Lipinski definition) is 2. The Balaban J connectivity index is 1.49. The molecule has 140 valence electrons. The van der Waals surface area contributed by atoms with Gasteiger partial charge in [-0.15, -0.1) is 0 Å². The molecule has 1 aromatic carbocycles. The van der Waals surface area contributed by atoms with Crippen LogP contribution in [0.2, 0.25) is 0 Å². The van der Waals surface area contributed by atoms with Crippen molar-refractivity contribution in [1.82, 2.24) is 5.32 Å². The molecule has 2 N–H and O–H groups in total. The molecule has 4 heteroatoms. The van der Waals surface area contributed by atoms with E-state index in [1.54, 1.807) is 6.07 Å². The predicted molar refractivity (Wildman–Crippen MR) is 103 cm³/mol. The highest BCUT2D eigenvalue weighted by atomic mass is 16.2. The maximum Gasteiger partial charge on any atom is 0.253 e. The van der Waals surface area contributed by atoms with Crippen molar-refractivity contribution in [2.45, 2.75) is 58.3 Å². The minimum Gasteiger partial charge on any atom is -0.352 e. The van der Waals surface area contributed by atoms with Gasteiger partial charge >= 0.3 is 0 Å². The van der Waals surface area contributed by atoms with E-state index in [0.29, 0.717) is 17.8 Å². The third kappa shape index (κ3) is 3.26. The van der Waals surface area contributed by atoms with Crippen molar-refractivity contribution in [2.75, 3.05) is 11.9 Å². The Bertz CT molecular complexity index is 662. The largest absolute Gasteiger partial charge is 0.352 e. The Morgan fingerprint density at radius 3 is 2.27 bits per heavy atom. The smallest absolute Gasteiger partial charge is 0.253 e. The number of carbonyl (C=O) groups is 2. The summed E-state index contributed by atoms with van der Waals surface area (Å²) in [5.74, 6) is 2.25. The van der Waals surface area contributed by atoms with Gasteiger partial charge in [-0.05, 0) is 74.8 Å². The molecular weight excluding hydrogens is 324 g/mol. The van der Waals surface area contributed by atoms with Crippen LogP contribution in [0.25, 0.3) is 0 Å². The van der Waals surface area contributed by atoms with Crippen LogP contribution in [0, 0.1) is 23.2 Å². The summed E-state index contributed by atoms with van der Waals surface area (Å²) in [6.07, 6.45) is 9.09. The van der Waals surface area contributed by atoms with Gasteiger partial charge in [0.15, 0.2) is 0 Å². The topological polar surface area (TPSA) is 58.2 Å². The van der Waals surface area contributed by atoms with Crippen LogP contribution in [0.4, 0.5) is 5.69 Å². The van der Waals surface area contributed by atoms with Crippen LogP contribution in [-0.2, 0) is 4.79 Å². The molecular formula is C22H30N2O2. The molecule has 0 unspecified atom stereocenters. The zero-order valence-corrected chi connectivity index (χ0v) is 15.7. The number of rotatable bonds is 6. The minimum absolute atomic E-state index is 0.0973. The van der Waals surface area contributed by atoms with Gasteiger partial charge in [0.2, 0.25) is 5.91 Å². The van der Waals surface area contributed by atoms with Gasteiger partial charge < -0.3 is 10.6 Å². The Labute approximate surface area is 156 Å². The van der Waals surface area contributed by atoms with Gasteiger partial charge in [-0.1, -0.05) is 25.5 Å². The normalized spacial score (nSPS) is 31.7. The summed E-state index contributed by atoms with van der Waals surface area (Å²) in [6, 6.07) is 7.40. The molecule has 1 aromatic rings. The lowest BCUT2D eigenvalue weighted by Gasteiger charge is -2.55. The Morgan fingerprint density at radius 1 is 1.04 bits per heavy atom. The number of carbonyl (C=O) groups excluding carboxylic acids is 2. The molecule has 4 nitrogen and oxygen atoms in total. The molecule has 4 saturated carbocycles. The highest BCUT2D eigenvalue weighted by molar-refractivity contribution is 6.05. The van der Waals surface area contributed by atoms with Crippen LogP contribution in [0.15, 0.2) is 24.3 Å². The molecule has 2 amide bonds. The van der Waals surface area contributed by atoms with Crippen LogP contribution in [0.5, 0.6) is 0 Å². The van der Waals surface area contributed by atoms with E-state index < -0.39 is 0 Å². The van der Waals surface area contributed by atoms with Crippen molar-refractivity contribution >= 4 is 17.5 Å². The first-order valence-electron chi connectivity index (χ1n) is 10.3. The maximum atomic E-state index is 13.3. The zero-order chi connectivity index (χ0) is 18.1. The summed E-state index contributed by atoms with van der Waals surface area (Å²) < 4.78 is 0. The fourth-order valence-electron chi connectivity index (χ4n) is 5.91. The molecule has 4 bridgehead atoms. The van der Waals surface area contributed by atoms with E-state index in [1.807, 2.05) is 18.2 Å². The molecule has 0 aliphatic heterocycles. The number of nitrogens with one attached hydrogen (secondary N) is 2. The van der Waals surface area contributed by atoms with Gasteiger partial charge in [0.25, 0.3) is 5.91 Å². The fourth-order valence-corrected chi connectivity index (χ4v) is 5.91. The van der Waals surface area contributed by atoms with E-state index in [2.05, 4.69) is 17.6 Å². The van der Waals surface area contributed by atoms with Crippen molar-refractivity contribution in [2.24, 2.45) is 23.2 Å². The summed E-state index contributed by atoms with van der Waals surface area (Å²) in [4.78, 5) is 25.8. The lowest BCUT2D eigenvalue weighted by molar-refractivity contribution is -0.140. The zero-order valence-electron chi connectivity index (χ0n) is 15.7. The number of unbranched alkanes of at least 4 members (excludes halogenated alkanes) is 1. The first kappa shape index (κ1) is 17.6. The highest BCUT2D eigenvalue weighted by Crippen LogP contribution is 2.60. The lowest BCUT2D eigenvalue weighted by Crippen LogP contribution is -2.51. The summed E-state index contributed by atoms with van der Waals surface area (Å²) in [7, 11) is 0. The molecule has 0 atom stereocenters. The van der Waals surface area contributed by atoms with Gasteiger partial charge in [0, 0.05) is 6.54 Å². The van der Waals surface area contributed by atoms with Gasteiger partial charge in [-0.2, -0.15) is 0 Å². The lowest BCUT2D eigenvalue weighted by atomic mass is 9.49. The van der Waals surface area contributed by atoms with E-state index in [1.165, 1.54) is 19.3 Å². The van der Waals surface area contributed by atoms with Gasteiger partial charge in [-0.3, -0.25) is 9.59 Å². The molecule has 0 radical (unpaired) electrons. The molecule has 4 aliphatic rings. The van der Waals surface area contributed by atoms with E-state index in [-0.39, 0.29) is 17.2 Å². The Kier molecular flexibility index (Phi) is 4.76. The quantitative estimate of drug-likeness (QED) is 0.745. The number of para-hydroxylation sites is 1. The monoisotopic (exact) mass is 354 g/mol. The molecule has 0 aromatic heterocycles. The minimum atomic E-state index is -0.194. The van der Waals surface area contributed by atoms with E-state index in [4.69, 9.17) is 0 Å². The predicted octanol–water partition coefficient (Wildman–Crippen LogP) is 4.37. The summed E-state index contributed by atoms with van der Waals surface area (Å²) in [5, 5.41) is 6.10. The maximum absolute atomic E-state index is 13.3. The SMILES string of the molecule is CCCCNC(=O)c1ccccc1NC(=O)C12CC3CC(CC(C3)C1)C2. The molecule has 0 spiro atoms. The third-order valence-corrected chi connectivity index (χ3v) is 6.76. The van der Waals surface area contributed by atoms with Crippen LogP contribution in [-0.4, -0.2) is 18.4 Å². The summed E-state index contributed by atoms with van der Waals surface area (Å²) >= 11 is 0. The second-order valence-electron chi connectivity index (χ2n) is 8.81. The number of amides is 2. The van der Waals surface area contributed by atoms with Gasteiger partial charge in [0.1, 0.15) is 0 Å². The molecule has 4 aliphatic carbocycles. The van der Waals surface area contributed by atoms with Crippen LogP contribution in [0.1, 0.15) is 68.6 Å². The van der Waals surface area contributed by atoms with Crippen molar-refractivity contribution in [3.05, 3.63) is 29.8 Å². The summed E-state index contributed by atoms with van der Waals surface area (Å²) in [5.41, 5.74) is 1.03. The molecule has 0 saturated heterocycles. The van der Waals surface area contributed by atoms with Gasteiger partial charge in [0.05, 0.1) is 16.7 Å². The van der Waals surface area contributed by atoms with Crippen molar-refractivity contribution in [3.8, 4) is 0 Å².